The molecule has 1 aliphatic rings. The SMILES string of the molecule is COC(=O)C(C)(NC1CCCC1)c1cccc(F)c1. The van der Waals surface area contributed by atoms with Gasteiger partial charge in [0.2, 0.25) is 0 Å². The van der Waals surface area contributed by atoms with Crippen LogP contribution in [0.3, 0.4) is 0 Å². The first-order chi connectivity index (χ1) is 9.06. The number of benzene rings is 1. The number of esters is 1. The summed E-state index contributed by atoms with van der Waals surface area (Å²) in [4.78, 5) is 12.1. The summed E-state index contributed by atoms with van der Waals surface area (Å²) in [5, 5.41) is 3.35. The van der Waals surface area contributed by atoms with Gasteiger partial charge in [-0.05, 0) is 37.5 Å². The lowest BCUT2D eigenvalue weighted by atomic mass is 9.90. The number of nitrogens with one attached hydrogen (secondary N) is 1. The number of carbonyl (C=O) groups excluding carboxylic acids is 1. The quantitative estimate of drug-likeness (QED) is 0.851. The average Bonchev–Trinajstić information content (AvgIpc) is 2.90. The molecule has 0 bridgehead atoms. The van der Waals surface area contributed by atoms with Gasteiger partial charge in [0.05, 0.1) is 7.11 Å². The zero-order valence-corrected chi connectivity index (χ0v) is 11.4. The van der Waals surface area contributed by atoms with Crippen LogP contribution in [0.4, 0.5) is 4.39 Å². The highest BCUT2D eigenvalue weighted by Gasteiger charge is 2.38. The van der Waals surface area contributed by atoms with E-state index in [4.69, 9.17) is 4.74 Å². The normalized spacial score (nSPS) is 19.1. The van der Waals surface area contributed by atoms with Crippen LogP contribution in [0, 0.1) is 5.82 Å². The van der Waals surface area contributed by atoms with Gasteiger partial charge in [-0.1, -0.05) is 25.0 Å². The number of hydrogen-bond acceptors (Lipinski definition) is 3. The van der Waals surface area contributed by atoms with E-state index in [1.165, 1.54) is 19.2 Å². The molecule has 1 atom stereocenters. The minimum Gasteiger partial charge on any atom is -0.467 e. The fourth-order valence-electron chi connectivity index (χ4n) is 2.74. The van der Waals surface area contributed by atoms with Gasteiger partial charge in [0, 0.05) is 6.04 Å². The third-order valence-electron chi connectivity index (χ3n) is 3.84. The maximum absolute atomic E-state index is 13.4. The molecule has 1 aliphatic carbocycles. The molecule has 1 aromatic carbocycles. The van der Waals surface area contributed by atoms with Crippen LogP contribution in [0.15, 0.2) is 24.3 Å². The topological polar surface area (TPSA) is 38.3 Å². The van der Waals surface area contributed by atoms with Gasteiger partial charge < -0.3 is 4.74 Å². The van der Waals surface area contributed by atoms with Crippen molar-refractivity contribution < 1.29 is 13.9 Å². The number of hydrogen-bond donors (Lipinski definition) is 1. The van der Waals surface area contributed by atoms with Gasteiger partial charge in [0.15, 0.2) is 0 Å². The molecule has 0 amide bonds. The standard InChI is InChI=1S/C15H20FNO2/c1-15(14(18)19-2,17-13-8-3-4-9-13)11-6-5-7-12(16)10-11/h5-7,10,13,17H,3-4,8-9H2,1-2H3. The van der Waals surface area contributed by atoms with Crippen LogP contribution in [0.2, 0.25) is 0 Å². The molecule has 0 aromatic heterocycles. The summed E-state index contributed by atoms with van der Waals surface area (Å²) in [7, 11) is 1.36. The lowest BCUT2D eigenvalue weighted by Gasteiger charge is -2.31. The summed E-state index contributed by atoms with van der Waals surface area (Å²) in [5.74, 6) is -0.731. The van der Waals surface area contributed by atoms with Crippen LogP contribution in [0.1, 0.15) is 38.2 Å². The van der Waals surface area contributed by atoms with Crippen LogP contribution in [0.5, 0.6) is 0 Å². The van der Waals surface area contributed by atoms with Crippen molar-refractivity contribution >= 4 is 5.97 Å². The minimum atomic E-state index is -0.994. The zero-order valence-electron chi connectivity index (χ0n) is 11.4. The first-order valence-corrected chi connectivity index (χ1v) is 6.68. The van der Waals surface area contributed by atoms with E-state index < -0.39 is 5.54 Å². The van der Waals surface area contributed by atoms with Crippen molar-refractivity contribution in [1.29, 1.82) is 0 Å². The molecule has 2 rings (SSSR count). The van der Waals surface area contributed by atoms with E-state index in [2.05, 4.69) is 5.32 Å². The minimum absolute atomic E-state index is 0.285. The van der Waals surface area contributed by atoms with Crippen molar-refractivity contribution in [2.45, 2.75) is 44.2 Å². The molecule has 1 aromatic rings. The van der Waals surface area contributed by atoms with Gasteiger partial charge >= 0.3 is 5.97 Å². The zero-order chi connectivity index (χ0) is 13.9. The van der Waals surface area contributed by atoms with Gasteiger partial charge in [-0.2, -0.15) is 0 Å². The predicted molar refractivity (Wildman–Crippen MR) is 71.2 cm³/mol. The number of rotatable bonds is 4. The number of ether oxygens (including phenoxy) is 1. The van der Waals surface area contributed by atoms with Crippen LogP contribution in [-0.4, -0.2) is 19.1 Å². The summed E-state index contributed by atoms with van der Waals surface area (Å²) in [6, 6.07) is 6.41. The van der Waals surface area contributed by atoms with E-state index in [9.17, 15) is 9.18 Å². The number of methoxy groups -OCH3 is 1. The predicted octanol–water partition coefficient (Wildman–Crippen LogP) is 2.75. The molecule has 1 unspecified atom stereocenters. The molecule has 0 aliphatic heterocycles. The van der Waals surface area contributed by atoms with E-state index in [1.807, 2.05) is 0 Å². The van der Waals surface area contributed by atoms with E-state index >= 15 is 0 Å². The van der Waals surface area contributed by atoms with Crippen molar-refractivity contribution in [2.24, 2.45) is 0 Å². The highest BCUT2D eigenvalue weighted by molar-refractivity contribution is 5.82. The van der Waals surface area contributed by atoms with E-state index in [-0.39, 0.29) is 17.8 Å². The molecule has 0 spiro atoms. The second kappa shape index (κ2) is 5.70. The summed E-state index contributed by atoms with van der Waals surface area (Å²) < 4.78 is 18.3. The third kappa shape index (κ3) is 2.95. The highest BCUT2D eigenvalue weighted by Crippen LogP contribution is 2.28. The van der Waals surface area contributed by atoms with Crippen LogP contribution in [-0.2, 0) is 15.1 Å². The second-order valence-electron chi connectivity index (χ2n) is 5.25. The highest BCUT2D eigenvalue weighted by atomic mass is 19.1. The largest absolute Gasteiger partial charge is 0.467 e. The summed E-state index contributed by atoms with van der Waals surface area (Å²) in [5.41, 5.74) is -0.391. The molecule has 19 heavy (non-hydrogen) atoms. The Balaban J connectivity index is 2.30. The van der Waals surface area contributed by atoms with Gasteiger partial charge in [0.1, 0.15) is 11.4 Å². The molecule has 4 heteroatoms. The Kier molecular flexibility index (Phi) is 4.20. The van der Waals surface area contributed by atoms with Crippen molar-refractivity contribution in [2.75, 3.05) is 7.11 Å². The van der Waals surface area contributed by atoms with E-state index in [1.54, 1.807) is 19.1 Å². The Labute approximate surface area is 113 Å². The molecular formula is C15H20FNO2. The number of halogens is 1. The monoisotopic (exact) mass is 265 g/mol. The van der Waals surface area contributed by atoms with Crippen molar-refractivity contribution in [3.63, 3.8) is 0 Å². The maximum Gasteiger partial charge on any atom is 0.330 e. The summed E-state index contributed by atoms with van der Waals surface area (Å²) in [6.07, 6.45) is 4.42. The third-order valence-corrected chi connectivity index (χ3v) is 3.84. The Hall–Kier alpha value is -1.42. The van der Waals surface area contributed by atoms with Gasteiger partial charge in [-0.15, -0.1) is 0 Å². The van der Waals surface area contributed by atoms with E-state index in [0.29, 0.717) is 5.56 Å². The Morgan fingerprint density at radius 2 is 2.11 bits per heavy atom. The second-order valence-corrected chi connectivity index (χ2v) is 5.25. The molecule has 104 valence electrons. The maximum atomic E-state index is 13.4. The lowest BCUT2D eigenvalue weighted by Crippen LogP contribution is -2.51. The van der Waals surface area contributed by atoms with E-state index in [0.717, 1.165) is 25.7 Å². The molecule has 1 fully saturated rings. The smallest absolute Gasteiger partial charge is 0.330 e. The molecule has 0 saturated heterocycles. The molecular weight excluding hydrogens is 245 g/mol. The first-order valence-electron chi connectivity index (χ1n) is 6.68. The van der Waals surface area contributed by atoms with Gasteiger partial charge in [-0.25, -0.2) is 9.18 Å². The first kappa shape index (κ1) is 14.0. The van der Waals surface area contributed by atoms with Crippen molar-refractivity contribution in [3.05, 3.63) is 35.6 Å². The molecule has 1 saturated carbocycles. The Bertz CT molecular complexity index is 457. The Morgan fingerprint density at radius 1 is 1.42 bits per heavy atom. The Morgan fingerprint density at radius 3 is 2.68 bits per heavy atom. The fourth-order valence-corrected chi connectivity index (χ4v) is 2.74. The van der Waals surface area contributed by atoms with Gasteiger partial charge in [-0.3, -0.25) is 5.32 Å². The van der Waals surface area contributed by atoms with Crippen LogP contribution < -0.4 is 5.32 Å². The van der Waals surface area contributed by atoms with Crippen LogP contribution >= 0.6 is 0 Å². The van der Waals surface area contributed by atoms with Crippen molar-refractivity contribution in [3.8, 4) is 0 Å². The average molecular weight is 265 g/mol. The van der Waals surface area contributed by atoms with Crippen LogP contribution in [0.25, 0.3) is 0 Å². The number of carbonyl (C=O) groups is 1. The molecule has 1 N–H and O–H groups in total. The fraction of sp³-hybridized carbons (Fsp3) is 0.533. The summed E-state index contributed by atoms with van der Waals surface area (Å²) in [6.45, 7) is 1.76. The summed E-state index contributed by atoms with van der Waals surface area (Å²) >= 11 is 0. The van der Waals surface area contributed by atoms with Crippen molar-refractivity contribution in [1.82, 2.24) is 5.32 Å². The lowest BCUT2D eigenvalue weighted by molar-refractivity contribution is -0.148. The van der Waals surface area contributed by atoms with Gasteiger partial charge in [0.25, 0.3) is 0 Å². The molecule has 0 radical (unpaired) electrons. The molecule has 0 heterocycles. The molecule has 3 nitrogen and oxygen atoms in total.